The van der Waals surface area contributed by atoms with E-state index in [9.17, 15) is 0 Å². The first-order chi connectivity index (χ1) is 7.13. The van der Waals surface area contributed by atoms with Gasteiger partial charge in [-0.3, -0.25) is 0 Å². The van der Waals surface area contributed by atoms with Crippen LogP contribution < -0.4 is 10.6 Å². The first-order valence-electron chi connectivity index (χ1n) is 5.28. The fourth-order valence-corrected chi connectivity index (χ4v) is 1.55. The molecule has 0 aromatic heterocycles. The first-order valence-corrected chi connectivity index (χ1v) is 5.69. The van der Waals surface area contributed by atoms with Crippen LogP contribution in [0.1, 0.15) is 32.3 Å². The van der Waals surface area contributed by atoms with Gasteiger partial charge in [0.25, 0.3) is 0 Å². The zero-order valence-corrected chi connectivity index (χ0v) is 10.3. The molecule has 1 aromatic carbocycles. The topological polar surface area (TPSA) is 24.1 Å². The van der Waals surface area contributed by atoms with Gasteiger partial charge in [0.1, 0.15) is 0 Å². The third-order valence-corrected chi connectivity index (χ3v) is 2.42. The van der Waals surface area contributed by atoms with Crippen molar-refractivity contribution in [2.75, 3.05) is 11.9 Å². The molecule has 0 saturated carbocycles. The molecule has 0 atom stereocenters. The van der Waals surface area contributed by atoms with E-state index in [2.05, 4.69) is 48.7 Å². The molecule has 0 bridgehead atoms. The molecule has 1 rings (SSSR count). The normalized spacial score (nSPS) is 10.1. The molecule has 2 nitrogen and oxygen atoms in total. The second-order valence-corrected chi connectivity index (χ2v) is 4.17. The SMILES string of the molecule is CCNC(=S)Nc1ccc(C(C)C)cc1. The molecule has 0 amide bonds. The molecular weight excluding hydrogens is 204 g/mol. The Kier molecular flexibility index (Phi) is 4.56. The van der Waals surface area contributed by atoms with Crippen molar-refractivity contribution in [2.45, 2.75) is 26.7 Å². The molecule has 0 aliphatic rings. The van der Waals surface area contributed by atoms with E-state index in [4.69, 9.17) is 12.2 Å². The van der Waals surface area contributed by atoms with Crippen LogP contribution in [-0.4, -0.2) is 11.7 Å². The molecular formula is C12H18N2S. The third kappa shape index (κ3) is 3.88. The van der Waals surface area contributed by atoms with Crippen LogP contribution in [0.2, 0.25) is 0 Å². The summed E-state index contributed by atoms with van der Waals surface area (Å²) >= 11 is 5.10. The summed E-state index contributed by atoms with van der Waals surface area (Å²) in [5.74, 6) is 0.569. The summed E-state index contributed by atoms with van der Waals surface area (Å²) in [5.41, 5.74) is 2.38. The zero-order valence-electron chi connectivity index (χ0n) is 9.50. The van der Waals surface area contributed by atoms with Gasteiger partial charge in [0.05, 0.1) is 0 Å². The Morgan fingerprint density at radius 3 is 2.33 bits per heavy atom. The van der Waals surface area contributed by atoms with Crippen molar-refractivity contribution in [3.05, 3.63) is 29.8 Å². The van der Waals surface area contributed by atoms with Crippen molar-refractivity contribution < 1.29 is 0 Å². The lowest BCUT2D eigenvalue weighted by atomic mass is 10.0. The lowest BCUT2D eigenvalue weighted by molar-refractivity contribution is 0.867. The Balaban J connectivity index is 2.60. The van der Waals surface area contributed by atoms with E-state index in [1.54, 1.807) is 0 Å². The second kappa shape index (κ2) is 5.71. The fourth-order valence-electron chi connectivity index (χ4n) is 1.29. The van der Waals surface area contributed by atoms with Gasteiger partial charge >= 0.3 is 0 Å². The van der Waals surface area contributed by atoms with Crippen LogP contribution in [0.4, 0.5) is 5.69 Å². The Labute approximate surface area is 97.1 Å². The minimum atomic E-state index is 0.569. The fraction of sp³-hybridized carbons (Fsp3) is 0.417. The van der Waals surface area contributed by atoms with Gasteiger partial charge in [-0.25, -0.2) is 0 Å². The number of thiocarbonyl (C=S) groups is 1. The molecule has 82 valence electrons. The van der Waals surface area contributed by atoms with E-state index in [0.29, 0.717) is 11.0 Å². The van der Waals surface area contributed by atoms with E-state index in [0.717, 1.165) is 12.2 Å². The summed E-state index contributed by atoms with van der Waals surface area (Å²) in [6, 6.07) is 8.36. The predicted octanol–water partition coefficient (Wildman–Crippen LogP) is 3.12. The van der Waals surface area contributed by atoms with E-state index in [1.807, 2.05) is 6.92 Å². The first kappa shape index (κ1) is 12.0. The van der Waals surface area contributed by atoms with Gasteiger partial charge in [-0.05, 0) is 42.8 Å². The Morgan fingerprint density at radius 2 is 1.87 bits per heavy atom. The summed E-state index contributed by atoms with van der Waals surface area (Å²) in [6.07, 6.45) is 0. The number of hydrogen-bond acceptors (Lipinski definition) is 1. The number of nitrogens with one attached hydrogen (secondary N) is 2. The smallest absolute Gasteiger partial charge is 0.170 e. The maximum atomic E-state index is 5.10. The second-order valence-electron chi connectivity index (χ2n) is 3.76. The highest BCUT2D eigenvalue weighted by molar-refractivity contribution is 7.80. The minimum Gasteiger partial charge on any atom is -0.363 e. The van der Waals surface area contributed by atoms with Crippen LogP contribution in [0.25, 0.3) is 0 Å². The lowest BCUT2D eigenvalue weighted by Crippen LogP contribution is -2.27. The monoisotopic (exact) mass is 222 g/mol. The van der Waals surface area contributed by atoms with Crippen molar-refractivity contribution in [3.63, 3.8) is 0 Å². The van der Waals surface area contributed by atoms with Crippen molar-refractivity contribution in [2.24, 2.45) is 0 Å². The highest BCUT2D eigenvalue weighted by Crippen LogP contribution is 2.16. The largest absolute Gasteiger partial charge is 0.363 e. The van der Waals surface area contributed by atoms with Crippen LogP contribution in [0, 0.1) is 0 Å². The molecule has 3 heteroatoms. The molecule has 0 unspecified atom stereocenters. The van der Waals surface area contributed by atoms with Gasteiger partial charge in [-0.2, -0.15) is 0 Å². The van der Waals surface area contributed by atoms with Crippen LogP contribution in [0.15, 0.2) is 24.3 Å². The molecule has 1 aromatic rings. The Morgan fingerprint density at radius 1 is 1.27 bits per heavy atom. The van der Waals surface area contributed by atoms with Crippen molar-refractivity contribution in [1.29, 1.82) is 0 Å². The molecule has 0 aliphatic carbocycles. The summed E-state index contributed by atoms with van der Waals surface area (Å²) in [7, 11) is 0. The van der Waals surface area contributed by atoms with E-state index in [1.165, 1.54) is 5.56 Å². The predicted molar refractivity (Wildman–Crippen MR) is 70.4 cm³/mol. The average Bonchev–Trinajstić information content (AvgIpc) is 2.18. The van der Waals surface area contributed by atoms with E-state index in [-0.39, 0.29) is 0 Å². The number of benzene rings is 1. The standard InChI is InChI=1S/C12H18N2S/c1-4-13-12(15)14-11-7-5-10(6-8-11)9(2)3/h5-9H,4H2,1-3H3,(H2,13,14,15). The molecule has 0 heterocycles. The number of rotatable bonds is 3. The molecule has 15 heavy (non-hydrogen) atoms. The van der Waals surface area contributed by atoms with Crippen LogP contribution in [0.3, 0.4) is 0 Å². The third-order valence-electron chi connectivity index (χ3n) is 2.17. The van der Waals surface area contributed by atoms with Crippen LogP contribution in [0.5, 0.6) is 0 Å². The van der Waals surface area contributed by atoms with Crippen LogP contribution >= 0.6 is 12.2 Å². The maximum Gasteiger partial charge on any atom is 0.170 e. The summed E-state index contributed by atoms with van der Waals surface area (Å²) < 4.78 is 0. The van der Waals surface area contributed by atoms with Crippen molar-refractivity contribution in [1.82, 2.24) is 5.32 Å². The van der Waals surface area contributed by atoms with E-state index < -0.39 is 0 Å². The van der Waals surface area contributed by atoms with E-state index >= 15 is 0 Å². The molecule has 2 N–H and O–H groups in total. The molecule has 0 aliphatic heterocycles. The van der Waals surface area contributed by atoms with Crippen molar-refractivity contribution >= 4 is 23.0 Å². The maximum absolute atomic E-state index is 5.10. The van der Waals surface area contributed by atoms with Gasteiger partial charge in [0.2, 0.25) is 0 Å². The van der Waals surface area contributed by atoms with Crippen LogP contribution in [-0.2, 0) is 0 Å². The van der Waals surface area contributed by atoms with Gasteiger partial charge in [-0.1, -0.05) is 26.0 Å². The lowest BCUT2D eigenvalue weighted by Gasteiger charge is -2.10. The molecule has 0 saturated heterocycles. The van der Waals surface area contributed by atoms with Gasteiger partial charge in [0.15, 0.2) is 5.11 Å². The number of anilines is 1. The average molecular weight is 222 g/mol. The van der Waals surface area contributed by atoms with Gasteiger partial charge in [0, 0.05) is 12.2 Å². The Bertz CT molecular complexity index is 317. The van der Waals surface area contributed by atoms with Crippen molar-refractivity contribution in [3.8, 4) is 0 Å². The number of hydrogen-bond donors (Lipinski definition) is 2. The molecule has 0 fully saturated rings. The highest BCUT2D eigenvalue weighted by Gasteiger charge is 1.99. The quantitative estimate of drug-likeness (QED) is 0.768. The van der Waals surface area contributed by atoms with Gasteiger partial charge in [-0.15, -0.1) is 0 Å². The summed E-state index contributed by atoms with van der Waals surface area (Å²) in [4.78, 5) is 0. The zero-order chi connectivity index (χ0) is 11.3. The minimum absolute atomic E-state index is 0.569. The van der Waals surface area contributed by atoms with Gasteiger partial charge < -0.3 is 10.6 Å². The molecule has 0 spiro atoms. The summed E-state index contributed by atoms with van der Waals surface area (Å²) in [6.45, 7) is 7.24. The molecule has 0 radical (unpaired) electrons. The Hall–Kier alpha value is -1.09. The highest BCUT2D eigenvalue weighted by atomic mass is 32.1. The summed E-state index contributed by atoms with van der Waals surface area (Å²) in [5, 5.41) is 6.86.